The lowest BCUT2D eigenvalue weighted by atomic mass is 10.1. The summed E-state index contributed by atoms with van der Waals surface area (Å²) in [5.41, 5.74) is 1.37. The molecule has 12 heteroatoms. The van der Waals surface area contributed by atoms with Crippen LogP contribution in [0.2, 0.25) is 5.02 Å². The fraction of sp³-hybridized carbons (Fsp3) is 0.152. The molecule has 1 unspecified atom stereocenters. The van der Waals surface area contributed by atoms with Crippen molar-refractivity contribution in [1.82, 2.24) is 10.3 Å². The molecular weight excluding hydrogens is 616 g/mol. The third-order valence-electron chi connectivity index (χ3n) is 6.30. The van der Waals surface area contributed by atoms with Crippen LogP contribution in [0.25, 0.3) is 6.08 Å². The highest BCUT2D eigenvalue weighted by molar-refractivity contribution is 8.00. The monoisotopic (exact) mass is 646 g/mol. The lowest BCUT2D eigenvalue weighted by molar-refractivity contribution is -0.115. The van der Waals surface area contributed by atoms with E-state index >= 15 is 0 Å². The zero-order chi connectivity index (χ0) is 32.3. The molecule has 0 saturated carbocycles. The Hall–Kier alpha value is -5.00. The van der Waals surface area contributed by atoms with Crippen molar-refractivity contribution in [1.29, 1.82) is 0 Å². The average molecular weight is 647 g/mol. The number of thioether (sulfide) groups is 1. The molecule has 232 valence electrons. The summed E-state index contributed by atoms with van der Waals surface area (Å²) in [6.45, 7) is 1.78. The van der Waals surface area contributed by atoms with E-state index in [2.05, 4.69) is 20.9 Å². The van der Waals surface area contributed by atoms with Crippen LogP contribution in [0.15, 0.2) is 95.7 Å². The van der Waals surface area contributed by atoms with Gasteiger partial charge in [-0.25, -0.2) is 4.98 Å². The van der Waals surface area contributed by atoms with Crippen molar-refractivity contribution in [2.45, 2.75) is 17.1 Å². The Labute approximate surface area is 270 Å². The van der Waals surface area contributed by atoms with Gasteiger partial charge in [-0.3, -0.25) is 14.4 Å². The van der Waals surface area contributed by atoms with Crippen LogP contribution in [-0.2, 0) is 9.59 Å². The number of carbonyl (C=O) groups is 3. The van der Waals surface area contributed by atoms with Crippen LogP contribution in [0.3, 0.4) is 0 Å². The number of carbonyl (C=O) groups excluding carboxylic acids is 3. The summed E-state index contributed by atoms with van der Waals surface area (Å²) in [6, 6.07) is 22.1. The topological polar surface area (TPSA) is 128 Å². The molecule has 1 atom stereocenters. The molecule has 3 N–H and O–H groups in total. The molecule has 0 aliphatic heterocycles. The first-order valence-electron chi connectivity index (χ1n) is 13.6. The fourth-order valence-electron chi connectivity index (χ4n) is 4.04. The Bertz CT molecular complexity index is 1660. The highest BCUT2D eigenvalue weighted by Crippen LogP contribution is 2.38. The van der Waals surface area contributed by atoms with E-state index < -0.39 is 17.1 Å². The van der Waals surface area contributed by atoms with Gasteiger partial charge in [0.15, 0.2) is 11.5 Å². The minimum absolute atomic E-state index is 0.0160. The lowest BCUT2D eigenvalue weighted by Gasteiger charge is -2.15. The van der Waals surface area contributed by atoms with Gasteiger partial charge in [-0.15, -0.1) is 11.8 Å². The van der Waals surface area contributed by atoms with Crippen molar-refractivity contribution in [2.24, 2.45) is 0 Å². The molecule has 0 aliphatic rings. The maximum atomic E-state index is 13.5. The highest BCUT2D eigenvalue weighted by Gasteiger charge is 2.19. The minimum atomic E-state index is -0.559. The molecule has 0 bridgehead atoms. The van der Waals surface area contributed by atoms with Crippen LogP contribution in [-0.4, -0.2) is 49.3 Å². The molecule has 4 aromatic rings. The molecule has 0 aliphatic carbocycles. The first-order valence-corrected chi connectivity index (χ1v) is 14.8. The molecule has 0 saturated heterocycles. The molecule has 4 rings (SSSR count). The number of hydrogen-bond donors (Lipinski definition) is 3. The van der Waals surface area contributed by atoms with E-state index in [0.717, 1.165) is 4.90 Å². The molecule has 1 aromatic heterocycles. The molecule has 3 aromatic carbocycles. The summed E-state index contributed by atoms with van der Waals surface area (Å²) in [4.78, 5) is 44.1. The van der Waals surface area contributed by atoms with E-state index in [4.69, 9.17) is 25.8 Å². The molecule has 0 fully saturated rings. The second-order valence-electron chi connectivity index (χ2n) is 9.43. The molecule has 0 spiro atoms. The standard InChI is InChI=1S/C33H31ClN4O6S/c1-20(31(39)38-29-15-10-23(34)19-35-29)45-25-13-11-24(12-14-25)36-33(41)26(37-32(40)22-8-6-5-7-9-22)16-21-17-27(42-2)30(44-4)28(18-21)43-3/h5-20H,1-4H3,(H,36,41)(H,37,40)(H,35,38,39)/b26-16-. The molecule has 10 nitrogen and oxygen atoms in total. The quantitative estimate of drug-likeness (QED) is 0.121. The summed E-state index contributed by atoms with van der Waals surface area (Å²) < 4.78 is 16.3. The van der Waals surface area contributed by atoms with E-state index in [1.54, 1.807) is 85.8 Å². The van der Waals surface area contributed by atoms with Gasteiger partial charge in [0.2, 0.25) is 11.7 Å². The number of rotatable bonds is 12. The maximum absolute atomic E-state index is 13.5. The second-order valence-corrected chi connectivity index (χ2v) is 11.3. The SMILES string of the molecule is COc1cc(/C=C(\NC(=O)c2ccccc2)C(=O)Nc2ccc(SC(C)C(=O)Nc3ccc(Cl)cn3)cc2)cc(OC)c1OC. The van der Waals surface area contributed by atoms with Crippen molar-refractivity contribution in [3.05, 3.63) is 107 Å². The summed E-state index contributed by atoms with van der Waals surface area (Å²) in [5.74, 6) is 0.333. The summed E-state index contributed by atoms with van der Waals surface area (Å²) >= 11 is 7.20. The van der Waals surface area contributed by atoms with Gasteiger partial charge >= 0.3 is 0 Å². The molecule has 45 heavy (non-hydrogen) atoms. The number of halogens is 1. The van der Waals surface area contributed by atoms with Gasteiger partial charge in [-0.05, 0) is 79.2 Å². The Kier molecular flexibility index (Phi) is 11.4. The van der Waals surface area contributed by atoms with Crippen LogP contribution in [0, 0.1) is 0 Å². The molecular formula is C33H31ClN4O6S. The van der Waals surface area contributed by atoms with Crippen LogP contribution >= 0.6 is 23.4 Å². The van der Waals surface area contributed by atoms with Crippen molar-refractivity contribution >= 4 is 58.7 Å². The number of aromatic nitrogens is 1. The number of pyridine rings is 1. The minimum Gasteiger partial charge on any atom is -0.493 e. The van der Waals surface area contributed by atoms with Gasteiger partial charge in [0.25, 0.3) is 11.8 Å². The van der Waals surface area contributed by atoms with Crippen LogP contribution in [0.4, 0.5) is 11.5 Å². The normalized spacial score (nSPS) is 11.6. The van der Waals surface area contributed by atoms with E-state index in [0.29, 0.717) is 44.9 Å². The predicted molar refractivity (Wildman–Crippen MR) is 176 cm³/mol. The van der Waals surface area contributed by atoms with E-state index in [1.165, 1.54) is 45.4 Å². The average Bonchev–Trinajstić information content (AvgIpc) is 3.06. The first kappa shape index (κ1) is 32.9. The Balaban J connectivity index is 1.51. The Morgan fingerprint density at radius 1 is 0.867 bits per heavy atom. The largest absolute Gasteiger partial charge is 0.493 e. The van der Waals surface area contributed by atoms with Crippen molar-refractivity contribution in [3.8, 4) is 17.2 Å². The summed E-state index contributed by atoms with van der Waals surface area (Å²) in [7, 11) is 4.47. The van der Waals surface area contributed by atoms with Crippen LogP contribution < -0.4 is 30.2 Å². The van der Waals surface area contributed by atoms with Gasteiger partial charge in [0, 0.05) is 22.3 Å². The second kappa shape index (κ2) is 15.6. The van der Waals surface area contributed by atoms with Crippen molar-refractivity contribution < 1.29 is 28.6 Å². The molecule has 0 radical (unpaired) electrons. The zero-order valence-corrected chi connectivity index (χ0v) is 26.5. The molecule has 1 heterocycles. The number of hydrogen-bond acceptors (Lipinski definition) is 8. The molecule has 3 amide bonds. The smallest absolute Gasteiger partial charge is 0.272 e. The van der Waals surface area contributed by atoms with Gasteiger partial charge in [0.1, 0.15) is 11.5 Å². The third kappa shape index (κ3) is 9.01. The third-order valence-corrected chi connectivity index (χ3v) is 7.64. The summed E-state index contributed by atoms with van der Waals surface area (Å²) in [6.07, 6.45) is 2.97. The lowest BCUT2D eigenvalue weighted by Crippen LogP contribution is -2.30. The van der Waals surface area contributed by atoms with Crippen LogP contribution in [0.5, 0.6) is 17.2 Å². The first-order chi connectivity index (χ1) is 21.7. The van der Waals surface area contributed by atoms with Crippen molar-refractivity contribution in [3.63, 3.8) is 0 Å². The van der Waals surface area contributed by atoms with E-state index in [9.17, 15) is 14.4 Å². The Morgan fingerprint density at radius 2 is 1.53 bits per heavy atom. The number of benzene rings is 3. The van der Waals surface area contributed by atoms with Crippen molar-refractivity contribution in [2.75, 3.05) is 32.0 Å². The van der Waals surface area contributed by atoms with Gasteiger partial charge in [0.05, 0.1) is 31.6 Å². The number of amides is 3. The number of nitrogens with one attached hydrogen (secondary N) is 3. The van der Waals surface area contributed by atoms with E-state index in [1.807, 2.05) is 0 Å². The highest BCUT2D eigenvalue weighted by atomic mass is 35.5. The Morgan fingerprint density at radius 3 is 2.11 bits per heavy atom. The van der Waals surface area contributed by atoms with Gasteiger partial charge < -0.3 is 30.2 Å². The van der Waals surface area contributed by atoms with Gasteiger partial charge in [-0.1, -0.05) is 29.8 Å². The number of ether oxygens (including phenoxy) is 3. The van der Waals surface area contributed by atoms with Gasteiger partial charge in [-0.2, -0.15) is 0 Å². The summed E-state index contributed by atoms with van der Waals surface area (Å²) in [5, 5.41) is 8.34. The number of nitrogens with zero attached hydrogens (tertiary/aromatic N) is 1. The van der Waals surface area contributed by atoms with E-state index in [-0.39, 0.29) is 11.6 Å². The maximum Gasteiger partial charge on any atom is 0.272 e. The zero-order valence-electron chi connectivity index (χ0n) is 24.9. The fourth-order valence-corrected chi connectivity index (χ4v) is 5.02. The number of anilines is 2. The number of methoxy groups -OCH3 is 3. The predicted octanol–water partition coefficient (Wildman–Crippen LogP) is 6.29. The van der Waals surface area contributed by atoms with Crippen LogP contribution in [0.1, 0.15) is 22.8 Å².